The summed E-state index contributed by atoms with van der Waals surface area (Å²) in [5, 5.41) is 4.90. The van der Waals surface area contributed by atoms with Crippen molar-refractivity contribution in [3.05, 3.63) is 218 Å². The van der Waals surface area contributed by atoms with Gasteiger partial charge >= 0.3 is 0 Å². The summed E-state index contributed by atoms with van der Waals surface area (Å²) in [5.41, 5.74) is 11.6. The van der Waals surface area contributed by atoms with E-state index in [1.807, 2.05) is 0 Å². The predicted octanol–water partition coefficient (Wildman–Crippen LogP) is 14.2. The van der Waals surface area contributed by atoms with Gasteiger partial charge in [0.05, 0.1) is 22.7 Å². The maximum absolute atomic E-state index is 2.45. The Kier molecular flexibility index (Phi) is 8.62. The Morgan fingerprint density at radius 3 is 1.05 bits per heavy atom. The molecule has 1 heterocycles. The molecule has 0 radical (unpaired) electrons. The molecule has 268 valence electrons. The molecule has 56 heavy (non-hydrogen) atoms. The van der Waals surface area contributed by atoms with E-state index in [2.05, 4.69) is 238 Å². The molecule has 0 fully saturated rings. The van der Waals surface area contributed by atoms with Crippen molar-refractivity contribution in [3.8, 4) is 0 Å². The minimum Gasteiger partial charge on any atom is -0.338 e. The third kappa shape index (κ3) is 6.08. The highest BCUT2D eigenvalue weighted by molar-refractivity contribution is 6.00. The smallest absolute Gasteiger partial charge is 0.0652 e. The van der Waals surface area contributed by atoms with Crippen molar-refractivity contribution >= 4 is 78.4 Å². The van der Waals surface area contributed by atoms with E-state index in [1.165, 1.54) is 44.3 Å². The second-order valence-electron chi connectivity index (χ2n) is 14.2. The molecule has 9 aromatic rings. The lowest BCUT2D eigenvalue weighted by molar-refractivity contribution is 0.850. The summed E-state index contributed by atoms with van der Waals surface area (Å²) in [5.74, 6) is 0. The normalized spacial score (nSPS) is 12.4. The molecule has 0 saturated heterocycles. The molecule has 0 atom stereocenters. The molecule has 0 bridgehead atoms. The van der Waals surface area contributed by atoms with Crippen molar-refractivity contribution in [2.24, 2.45) is 0 Å². The Balaban J connectivity index is 0.967. The Bertz CT molecular complexity index is 2560. The van der Waals surface area contributed by atoms with E-state index in [1.54, 1.807) is 0 Å². The molecule has 0 unspecified atom stereocenters. The van der Waals surface area contributed by atoms with E-state index in [4.69, 9.17) is 0 Å². The minimum atomic E-state index is 0.857. The van der Waals surface area contributed by atoms with Gasteiger partial charge in [-0.25, -0.2) is 0 Å². The van der Waals surface area contributed by atoms with Gasteiger partial charge in [0.1, 0.15) is 0 Å². The highest BCUT2D eigenvalue weighted by Gasteiger charge is 2.25. The van der Waals surface area contributed by atoms with Gasteiger partial charge in [-0.2, -0.15) is 0 Å². The van der Waals surface area contributed by atoms with Crippen LogP contribution in [-0.2, 0) is 0 Å². The lowest BCUT2D eigenvalue weighted by Gasteiger charge is -2.39. The van der Waals surface area contributed by atoms with E-state index in [0.29, 0.717) is 0 Å². The lowest BCUT2D eigenvalue weighted by Crippen LogP contribution is -2.36. The van der Waals surface area contributed by atoms with Gasteiger partial charge in [0.25, 0.3) is 0 Å². The second-order valence-corrected chi connectivity index (χ2v) is 14.2. The summed E-state index contributed by atoms with van der Waals surface area (Å²) in [6, 6.07) is 78.5. The SMILES string of the molecule is c1ccc(N(c2ccc(N3CCN(c4ccc(N(c5ccccc5)c5cccc6ccccc56)cc4)c4ccccc43)cc2)c2cccc3ccccc23)cc1. The van der Waals surface area contributed by atoms with E-state index < -0.39 is 0 Å². The molecule has 1 aliphatic rings. The molecule has 4 nitrogen and oxygen atoms in total. The van der Waals surface area contributed by atoms with Crippen LogP contribution in [0.2, 0.25) is 0 Å². The summed E-state index contributed by atoms with van der Waals surface area (Å²) < 4.78 is 0. The van der Waals surface area contributed by atoms with Gasteiger partial charge in [0, 0.05) is 58.0 Å². The Labute approximate surface area is 328 Å². The van der Waals surface area contributed by atoms with E-state index in [0.717, 1.165) is 47.2 Å². The van der Waals surface area contributed by atoms with Crippen LogP contribution < -0.4 is 19.6 Å². The van der Waals surface area contributed by atoms with Gasteiger partial charge in [0.2, 0.25) is 0 Å². The molecule has 10 rings (SSSR count). The predicted molar refractivity (Wildman–Crippen MR) is 238 cm³/mol. The largest absolute Gasteiger partial charge is 0.338 e. The van der Waals surface area contributed by atoms with Crippen LogP contribution in [0.25, 0.3) is 21.5 Å². The number of para-hydroxylation sites is 4. The highest BCUT2D eigenvalue weighted by atomic mass is 15.3. The molecule has 0 amide bonds. The quantitative estimate of drug-likeness (QED) is 0.155. The average molecular weight is 721 g/mol. The molecule has 0 aromatic heterocycles. The molecule has 1 aliphatic heterocycles. The highest BCUT2D eigenvalue weighted by Crippen LogP contribution is 2.45. The van der Waals surface area contributed by atoms with Gasteiger partial charge in [-0.1, -0.05) is 121 Å². The molecule has 0 saturated carbocycles. The van der Waals surface area contributed by atoms with Gasteiger partial charge in [0.15, 0.2) is 0 Å². The molecular formula is C52H40N4. The first kappa shape index (κ1) is 33.3. The number of nitrogens with zero attached hydrogens (tertiary/aromatic N) is 4. The van der Waals surface area contributed by atoms with Crippen LogP contribution in [0.5, 0.6) is 0 Å². The van der Waals surface area contributed by atoms with Crippen LogP contribution >= 0.6 is 0 Å². The average Bonchev–Trinajstić information content (AvgIpc) is 3.28. The van der Waals surface area contributed by atoms with Crippen LogP contribution in [0.1, 0.15) is 0 Å². The molecule has 0 spiro atoms. The maximum atomic E-state index is 2.45. The van der Waals surface area contributed by atoms with Crippen molar-refractivity contribution in [2.45, 2.75) is 0 Å². The number of hydrogen-bond acceptors (Lipinski definition) is 4. The number of fused-ring (bicyclic) bond motifs is 3. The zero-order valence-electron chi connectivity index (χ0n) is 31.0. The third-order valence-electron chi connectivity index (χ3n) is 10.9. The van der Waals surface area contributed by atoms with Crippen molar-refractivity contribution in [1.29, 1.82) is 0 Å². The van der Waals surface area contributed by atoms with Crippen LogP contribution in [0.3, 0.4) is 0 Å². The minimum absolute atomic E-state index is 0.857. The van der Waals surface area contributed by atoms with Crippen LogP contribution in [0, 0.1) is 0 Å². The van der Waals surface area contributed by atoms with Crippen LogP contribution in [0.4, 0.5) is 56.9 Å². The van der Waals surface area contributed by atoms with Gasteiger partial charge in [-0.15, -0.1) is 0 Å². The van der Waals surface area contributed by atoms with Crippen LogP contribution in [-0.4, -0.2) is 13.1 Å². The molecule has 0 N–H and O–H groups in total. The number of benzene rings is 9. The van der Waals surface area contributed by atoms with Crippen molar-refractivity contribution in [2.75, 3.05) is 32.7 Å². The third-order valence-corrected chi connectivity index (χ3v) is 10.9. The van der Waals surface area contributed by atoms with E-state index in [9.17, 15) is 0 Å². The fourth-order valence-corrected chi connectivity index (χ4v) is 8.28. The lowest BCUT2D eigenvalue weighted by atomic mass is 10.1. The summed E-state index contributed by atoms with van der Waals surface area (Å²) in [6.45, 7) is 1.71. The van der Waals surface area contributed by atoms with Crippen molar-refractivity contribution in [1.82, 2.24) is 0 Å². The fraction of sp³-hybridized carbons (Fsp3) is 0.0385. The van der Waals surface area contributed by atoms with Crippen molar-refractivity contribution < 1.29 is 0 Å². The first-order valence-electron chi connectivity index (χ1n) is 19.3. The Morgan fingerprint density at radius 1 is 0.286 bits per heavy atom. The summed E-state index contributed by atoms with van der Waals surface area (Å²) in [7, 11) is 0. The number of anilines is 10. The molecule has 4 heteroatoms. The fourth-order valence-electron chi connectivity index (χ4n) is 8.28. The molecule has 0 aliphatic carbocycles. The summed E-state index contributed by atoms with van der Waals surface area (Å²) in [6.07, 6.45) is 0. The maximum Gasteiger partial charge on any atom is 0.0652 e. The standard InChI is InChI=1S/C52H40N4/c1-3-19-43(20-4-1)55(49-27-13-17-39-15-7-9-23-47(39)49)45-33-29-41(30-34-45)53-37-38-54(52-26-12-11-25-51(52)53)42-31-35-46(36-32-42)56(44-21-5-2-6-22-44)50-28-14-18-40-16-8-10-24-48(40)50/h1-36H,37-38H2. The first-order valence-corrected chi connectivity index (χ1v) is 19.3. The Morgan fingerprint density at radius 2 is 0.625 bits per heavy atom. The summed E-state index contributed by atoms with van der Waals surface area (Å²) in [4.78, 5) is 9.63. The molecular weight excluding hydrogens is 681 g/mol. The first-order chi connectivity index (χ1) is 27.8. The number of rotatable bonds is 8. The van der Waals surface area contributed by atoms with E-state index in [-0.39, 0.29) is 0 Å². The van der Waals surface area contributed by atoms with Crippen LogP contribution in [0.15, 0.2) is 218 Å². The van der Waals surface area contributed by atoms with E-state index >= 15 is 0 Å². The number of hydrogen-bond donors (Lipinski definition) is 0. The van der Waals surface area contributed by atoms with Gasteiger partial charge in [-0.05, 0) is 108 Å². The Hall–Kier alpha value is -7.30. The van der Waals surface area contributed by atoms with Gasteiger partial charge < -0.3 is 19.6 Å². The summed E-state index contributed by atoms with van der Waals surface area (Å²) >= 11 is 0. The monoisotopic (exact) mass is 720 g/mol. The second kappa shape index (κ2) is 14.5. The zero-order valence-corrected chi connectivity index (χ0v) is 31.0. The van der Waals surface area contributed by atoms with Gasteiger partial charge in [-0.3, -0.25) is 0 Å². The topological polar surface area (TPSA) is 13.0 Å². The molecule has 9 aromatic carbocycles. The van der Waals surface area contributed by atoms with Crippen molar-refractivity contribution in [3.63, 3.8) is 0 Å². The zero-order chi connectivity index (χ0) is 37.3.